The van der Waals surface area contributed by atoms with Crippen LogP contribution in [0.15, 0.2) is 30.5 Å². The van der Waals surface area contributed by atoms with Gasteiger partial charge in [-0.25, -0.2) is 14.4 Å². The van der Waals surface area contributed by atoms with Gasteiger partial charge in [0.15, 0.2) is 0 Å². The Morgan fingerprint density at radius 2 is 1.82 bits per heavy atom. The van der Waals surface area contributed by atoms with Crippen molar-refractivity contribution in [3.05, 3.63) is 47.5 Å². The van der Waals surface area contributed by atoms with E-state index in [1.165, 1.54) is 12.1 Å². The molecule has 5 nitrogen and oxygen atoms in total. The van der Waals surface area contributed by atoms with Crippen LogP contribution in [-0.2, 0) is 6.54 Å². The number of fused-ring (bicyclic) bond motifs is 1. The zero-order chi connectivity index (χ0) is 15.1. The summed E-state index contributed by atoms with van der Waals surface area (Å²) < 4.78 is 13.0. The number of carbonyl (C=O) groups is 1. The van der Waals surface area contributed by atoms with E-state index < -0.39 is 0 Å². The lowest BCUT2D eigenvalue weighted by atomic mass is 10.2. The molecule has 2 aliphatic rings. The average Bonchev–Trinajstić information content (AvgIpc) is 3.16. The Morgan fingerprint density at radius 3 is 2.55 bits per heavy atom. The first-order valence-electron chi connectivity index (χ1n) is 7.41. The van der Waals surface area contributed by atoms with Crippen molar-refractivity contribution in [3.8, 4) is 0 Å². The Labute approximate surface area is 127 Å². The minimum absolute atomic E-state index is 0.130. The second kappa shape index (κ2) is 5.05. The second-order valence-corrected chi connectivity index (χ2v) is 5.59. The number of carbonyl (C=O) groups excluding carboxylic acids is 1. The predicted octanol–water partition coefficient (Wildman–Crippen LogP) is 2.38. The Hall–Kier alpha value is -2.50. The summed E-state index contributed by atoms with van der Waals surface area (Å²) in [6.07, 6.45) is 3.92. The number of nitrogens with zero attached hydrogens (tertiary/aromatic N) is 4. The van der Waals surface area contributed by atoms with Crippen LogP contribution in [0.2, 0.25) is 0 Å². The Bertz CT molecular complexity index is 725. The van der Waals surface area contributed by atoms with Crippen LogP contribution in [0.4, 0.5) is 16.0 Å². The Balaban J connectivity index is 1.64. The number of amides is 1. The first-order valence-corrected chi connectivity index (χ1v) is 7.41. The summed E-state index contributed by atoms with van der Waals surface area (Å²) in [5, 5.41) is 0. The molecule has 1 saturated heterocycles. The molecule has 2 aliphatic heterocycles. The van der Waals surface area contributed by atoms with Gasteiger partial charge in [0.1, 0.15) is 5.82 Å². The standard InChI is InChI=1S/C16H15FN4O/c17-11-3-5-12(6-4-11)21-10-14-13(15(21)22)9-18-16(19-14)20-7-1-2-8-20/h3-6,9H,1-2,7-8,10H2. The highest BCUT2D eigenvalue weighted by atomic mass is 19.1. The van der Waals surface area contributed by atoms with Gasteiger partial charge in [-0.15, -0.1) is 0 Å². The van der Waals surface area contributed by atoms with Gasteiger partial charge < -0.3 is 9.80 Å². The molecular formula is C16H15FN4O. The van der Waals surface area contributed by atoms with Crippen molar-refractivity contribution in [1.29, 1.82) is 0 Å². The number of hydrogen-bond donors (Lipinski definition) is 0. The molecule has 2 aromatic rings. The van der Waals surface area contributed by atoms with Crippen LogP contribution in [0, 0.1) is 5.82 Å². The quantitative estimate of drug-likeness (QED) is 0.854. The van der Waals surface area contributed by atoms with Gasteiger partial charge in [-0.2, -0.15) is 0 Å². The molecule has 0 unspecified atom stereocenters. The van der Waals surface area contributed by atoms with Crippen LogP contribution >= 0.6 is 0 Å². The maximum Gasteiger partial charge on any atom is 0.262 e. The fourth-order valence-electron chi connectivity index (χ4n) is 2.97. The Kier molecular flexibility index (Phi) is 3.03. The molecule has 4 rings (SSSR count). The van der Waals surface area contributed by atoms with Crippen molar-refractivity contribution < 1.29 is 9.18 Å². The summed E-state index contributed by atoms with van der Waals surface area (Å²) in [5.41, 5.74) is 1.95. The summed E-state index contributed by atoms with van der Waals surface area (Å²) in [7, 11) is 0. The molecule has 0 saturated carbocycles. The number of halogens is 1. The molecule has 1 amide bonds. The highest BCUT2D eigenvalue weighted by molar-refractivity contribution is 6.09. The summed E-state index contributed by atoms with van der Waals surface area (Å²) >= 11 is 0. The molecule has 6 heteroatoms. The smallest absolute Gasteiger partial charge is 0.262 e. The number of rotatable bonds is 2. The van der Waals surface area contributed by atoms with Crippen LogP contribution in [-0.4, -0.2) is 29.0 Å². The fraction of sp³-hybridized carbons (Fsp3) is 0.312. The molecule has 1 aromatic heterocycles. The van der Waals surface area contributed by atoms with E-state index in [0.717, 1.165) is 31.6 Å². The van der Waals surface area contributed by atoms with Gasteiger partial charge in [-0.05, 0) is 37.1 Å². The van der Waals surface area contributed by atoms with E-state index in [0.29, 0.717) is 23.7 Å². The van der Waals surface area contributed by atoms with E-state index in [1.54, 1.807) is 23.2 Å². The SMILES string of the molecule is O=C1c2cnc(N3CCCC3)nc2CN1c1ccc(F)cc1. The summed E-state index contributed by atoms with van der Waals surface area (Å²) in [6.45, 7) is 2.34. The lowest BCUT2D eigenvalue weighted by molar-refractivity contribution is 0.0996. The average molecular weight is 298 g/mol. The fourth-order valence-corrected chi connectivity index (χ4v) is 2.97. The van der Waals surface area contributed by atoms with E-state index in [1.807, 2.05) is 0 Å². The van der Waals surface area contributed by atoms with E-state index in [2.05, 4.69) is 14.9 Å². The molecule has 1 aromatic carbocycles. The van der Waals surface area contributed by atoms with Crippen LogP contribution < -0.4 is 9.80 Å². The number of benzene rings is 1. The molecule has 3 heterocycles. The van der Waals surface area contributed by atoms with Gasteiger partial charge in [0.25, 0.3) is 5.91 Å². The third-order valence-electron chi connectivity index (χ3n) is 4.17. The minimum atomic E-state index is -0.316. The van der Waals surface area contributed by atoms with Crippen molar-refractivity contribution in [2.75, 3.05) is 22.9 Å². The van der Waals surface area contributed by atoms with Crippen LogP contribution in [0.1, 0.15) is 28.9 Å². The first kappa shape index (κ1) is 13.2. The zero-order valence-electron chi connectivity index (χ0n) is 12.0. The molecule has 0 spiro atoms. The van der Waals surface area contributed by atoms with Crippen LogP contribution in [0.3, 0.4) is 0 Å². The molecule has 0 aliphatic carbocycles. The normalized spacial score (nSPS) is 17.2. The van der Waals surface area contributed by atoms with E-state index in [-0.39, 0.29) is 11.7 Å². The van der Waals surface area contributed by atoms with Crippen molar-refractivity contribution >= 4 is 17.5 Å². The molecule has 22 heavy (non-hydrogen) atoms. The van der Waals surface area contributed by atoms with Crippen LogP contribution in [0.5, 0.6) is 0 Å². The molecule has 0 bridgehead atoms. The molecule has 0 atom stereocenters. The zero-order valence-corrected chi connectivity index (χ0v) is 12.0. The lowest BCUT2D eigenvalue weighted by Crippen LogP contribution is -2.22. The van der Waals surface area contributed by atoms with Crippen molar-refractivity contribution in [1.82, 2.24) is 9.97 Å². The highest BCUT2D eigenvalue weighted by Gasteiger charge is 2.31. The first-order chi connectivity index (χ1) is 10.7. The highest BCUT2D eigenvalue weighted by Crippen LogP contribution is 2.28. The monoisotopic (exact) mass is 298 g/mol. The molecule has 1 fully saturated rings. The molecule has 0 N–H and O–H groups in total. The number of anilines is 2. The maximum absolute atomic E-state index is 13.0. The molecule has 112 valence electrons. The number of hydrogen-bond acceptors (Lipinski definition) is 4. The van der Waals surface area contributed by atoms with Crippen LogP contribution in [0.25, 0.3) is 0 Å². The number of aromatic nitrogens is 2. The topological polar surface area (TPSA) is 49.3 Å². The predicted molar refractivity (Wildman–Crippen MR) is 80.4 cm³/mol. The van der Waals surface area contributed by atoms with Crippen molar-refractivity contribution in [2.45, 2.75) is 19.4 Å². The minimum Gasteiger partial charge on any atom is -0.341 e. The van der Waals surface area contributed by atoms with Gasteiger partial charge >= 0.3 is 0 Å². The van der Waals surface area contributed by atoms with Crippen molar-refractivity contribution in [2.24, 2.45) is 0 Å². The Morgan fingerprint density at radius 1 is 1.09 bits per heavy atom. The van der Waals surface area contributed by atoms with E-state index in [4.69, 9.17) is 0 Å². The lowest BCUT2D eigenvalue weighted by Gasteiger charge is -2.15. The largest absolute Gasteiger partial charge is 0.341 e. The summed E-state index contributed by atoms with van der Waals surface area (Å²) in [6, 6.07) is 5.92. The third-order valence-corrected chi connectivity index (χ3v) is 4.17. The summed E-state index contributed by atoms with van der Waals surface area (Å²) in [5.74, 6) is 0.253. The van der Waals surface area contributed by atoms with Gasteiger partial charge in [-0.3, -0.25) is 4.79 Å². The van der Waals surface area contributed by atoms with Gasteiger partial charge in [0.2, 0.25) is 5.95 Å². The summed E-state index contributed by atoms with van der Waals surface area (Å²) in [4.78, 5) is 25.1. The van der Waals surface area contributed by atoms with Crippen molar-refractivity contribution in [3.63, 3.8) is 0 Å². The third kappa shape index (κ3) is 2.11. The van der Waals surface area contributed by atoms with E-state index in [9.17, 15) is 9.18 Å². The molecule has 0 radical (unpaired) electrons. The van der Waals surface area contributed by atoms with Gasteiger partial charge in [0, 0.05) is 25.0 Å². The second-order valence-electron chi connectivity index (χ2n) is 5.59. The van der Waals surface area contributed by atoms with E-state index >= 15 is 0 Å². The molecular weight excluding hydrogens is 283 g/mol. The van der Waals surface area contributed by atoms with Gasteiger partial charge in [0.05, 0.1) is 17.8 Å². The van der Waals surface area contributed by atoms with Gasteiger partial charge in [-0.1, -0.05) is 0 Å². The maximum atomic E-state index is 13.0.